The molecule has 0 aromatic rings. The van der Waals surface area contributed by atoms with Gasteiger partial charge in [0.2, 0.25) is 12.3 Å². The second-order valence-corrected chi connectivity index (χ2v) is 12.1. The Morgan fingerprint density at radius 2 is 1.82 bits per heavy atom. The van der Waals surface area contributed by atoms with E-state index < -0.39 is 48.0 Å². The summed E-state index contributed by atoms with van der Waals surface area (Å²) in [5, 5.41) is 13.4. The van der Waals surface area contributed by atoms with Crippen molar-refractivity contribution in [2.45, 2.75) is 96.7 Å². The lowest BCUT2D eigenvalue weighted by Gasteiger charge is -2.36. The number of nitrogens with one attached hydrogen (secondary N) is 1. The van der Waals surface area contributed by atoms with Gasteiger partial charge in [0.15, 0.2) is 0 Å². The maximum atomic E-state index is 13.8. The molecule has 2 unspecified atom stereocenters. The van der Waals surface area contributed by atoms with Crippen LogP contribution in [0.3, 0.4) is 0 Å². The third kappa shape index (κ3) is 7.36. The van der Waals surface area contributed by atoms with E-state index in [0.717, 1.165) is 56.3 Å². The molecule has 0 aromatic heterocycles. The van der Waals surface area contributed by atoms with E-state index in [9.17, 15) is 19.5 Å². The first-order chi connectivity index (χ1) is 19.1. The van der Waals surface area contributed by atoms with Gasteiger partial charge in [-0.15, -0.1) is 0 Å². The van der Waals surface area contributed by atoms with Crippen LogP contribution in [0.5, 0.6) is 0 Å². The molecule has 4 bridgehead atoms. The van der Waals surface area contributed by atoms with Crippen molar-refractivity contribution < 1.29 is 38.4 Å². The van der Waals surface area contributed by atoms with Crippen LogP contribution in [-0.2, 0) is 28.5 Å². The highest BCUT2D eigenvalue weighted by atomic mass is 16.6. The Labute approximate surface area is 236 Å². The van der Waals surface area contributed by atoms with Crippen LogP contribution in [0.1, 0.15) is 72.1 Å². The summed E-state index contributed by atoms with van der Waals surface area (Å²) in [6.45, 7) is 7.54. The molecule has 11 heteroatoms. The normalized spacial score (nSPS) is 29.7. The lowest BCUT2D eigenvalue weighted by atomic mass is 9.85. The first-order valence-corrected chi connectivity index (χ1v) is 14.5. The van der Waals surface area contributed by atoms with E-state index in [1.54, 1.807) is 4.90 Å². The number of nitrogens with zero attached hydrogens (tertiary/aromatic N) is 2. The van der Waals surface area contributed by atoms with Gasteiger partial charge < -0.3 is 29.0 Å². The fourth-order valence-corrected chi connectivity index (χ4v) is 5.81. The topological polar surface area (TPSA) is 127 Å². The summed E-state index contributed by atoms with van der Waals surface area (Å²) in [6, 6.07) is -1.77. The fourth-order valence-electron chi connectivity index (χ4n) is 5.81. The number of hydrogen-bond donors (Lipinski definition) is 2. The van der Waals surface area contributed by atoms with E-state index in [1.165, 1.54) is 17.6 Å². The van der Waals surface area contributed by atoms with E-state index in [2.05, 4.69) is 11.4 Å². The molecule has 0 saturated carbocycles. The van der Waals surface area contributed by atoms with Gasteiger partial charge >= 0.3 is 12.1 Å². The van der Waals surface area contributed by atoms with Crippen molar-refractivity contribution in [3.05, 3.63) is 23.0 Å². The maximum absolute atomic E-state index is 13.8. The zero-order valence-corrected chi connectivity index (χ0v) is 24.3. The number of allylic oxidation sites excluding steroid dienone is 1. The highest BCUT2D eigenvalue weighted by molar-refractivity contribution is 5.89. The Morgan fingerprint density at radius 3 is 2.55 bits per heavy atom. The van der Waals surface area contributed by atoms with Crippen molar-refractivity contribution in [1.29, 1.82) is 0 Å². The zero-order valence-electron chi connectivity index (χ0n) is 24.3. The van der Waals surface area contributed by atoms with Crippen molar-refractivity contribution in [1.82, 2.24) is 15.1 Å². The number of carbonyl (C=O) groups is 3. The SMILES string of the molecule is COC(=O)C1C[C@@H]2CN1C(=O)[C@H](C(C)(C)C)NC(O)OCCCCCCCOC1=CCCC3=C1CN(C3)C(=O)O2. The summed E-state index contributed by atoms with van der Waals surface area (Å²) in [7, 11) is 1.27. The van der Waals surface area contributed by atoms with Crippen LogP contribution >= 0.6 is 0 Å². The molecule has 2 N–H and O–H groups in total. The number of esters is 1. The summed E-state index contributed by atoms with van der Waals surface area (Å²) < 4.78 is 22.5. The van der Waals surface area contributed by atoms with Crippen molar-refractivity contribution in [2.75, 3.05) is 40.0 Å². The molecule has 224 valence electrons. The predicted octanol–water partition coefficient (Wildman–Crippen LogP) is 2.83. The molecule has 0 spiro atoms. The van der Waals surface area contributed by atoms with Crippen LogP contribution < -0.4 is 5.32 Å². The Kier molecular flexibility index (Phi) is 10.1. The van der Waals surface area contributed by atoms with Crippen molar-refractivity contribution in [2.24, 2.45) is 5.41 Å². The number of carbonyl (C=O) groups excluding carboxylic acids is 3. The second kappa shape index (κ2) is 13.4. The molecule has 4 rings (SSSR count). The van der Waals surface area contributed by atoms with E-state index in [-0.39, 0.29) is 13.0 Å². The smallest absolute Gasteiger partial charge is 0.410 e. The van der Waals surface area contributed by atoms with Gasteiger partial charge in [-0.25, -0.2) is 9.59 Å². The Bertz CT molecular complexity index is 1000. The molecule has 0 radical (unpaired) electrons. The maximum Gasteiger partial charge on any atom is 0.410 e. The number of aliphatic hydroxyl groups is 1. The summed E-state index contributed by atoms with van der Waals surface area (Å²) in [4.78, 5) is 42.8. The number of methoxy groups -OCH3 is 1. The Balaban J connectivity index is 1.52. The minimum Gasteiger partial charge on any atom is -0.494 e. The molecule has 4 aliphatic rings. The summed E-state index contributed by atoms with van der Waals surface area (Å²) >= 11 is 0. The molecule has 3 aliphatic heterocycles. The molecule has 2 fully saturated rings. The van der Waals surface area contributed by atoms with Crippen molar-refractivity contribution in [3.8, 4) is 0 Å². The number of aliphatic hydroxyl groups excluding tert-OH is 1. The molecule has 2 saturated heterocycles. The number of fused-ring (bicyclic) bond motifs is 3. The van der Waals surface area contributed by atoms with Crippen LogP contribution in [0, 0.1) is 5.41 Å². The molecule has 2 amide bonds. The minimum absolute atomic E-state index is 0.0464. The average Bonchev–Trinajstić information content (AvgIpc) is 3.54. The summed E-state index contributed by atoms with van der Waals surface area (Å²) in [6.07, 6.45) is 6.23. The van der Waals surface area contributed by atoms with Gasteiger partial charge in [0.25, 0.3) is 0 Å². The van der Waals surface area contributed by atoms with Crippen LogP contribution in [0.15, 0.2) is 23.0 Å². The molecule has 1 aliphatic carbocycles. The molecule has 40 heavy (non-hydrogen) atoms. The molecule has 0 aromatic carbocycles. The Morgan fingerprint density at radius 1 is 1.10 bits per heavy atom. The largest absolute Gasteiger partial charge is 0.494 e. The highest BCUT2D eigenvalue weighted by Crippen LogP contribution is 2.34. The predicted molar refractivity (Wildman–Crippen MR) is 146 cm³/mol. The fraction of sp³-hybridized carbons (Fsp3) is 0.759. The standard InChI is InChI=1S/C29H45N3O8/c1-29(2,3)24-25(33)32-17-20(15-22(32)26(34)37-4)40-28(36)31-16-19-11-10-12-23(21(19)18-31)38-13-8-6-5-7-9-14-39-27(35)30-24/h12,20,22,24,27,30,35H,5-11,13-18H2,1-4H3/t20-,22?,24-,27?/m1/s1. The number of hydrogen-bond acceptors (Lipinski definition) is 9. The number of rotatable bonds is 1. The van der Waals surface area contributed by atoms with Gasteiger partial charge in [-0.3, -0.25) is 15.0 Å². The molecule has 3 heterocycles. The van der Waals surface area contributed by atoms with Gasteiger partial charge in [0, 0.05) is 18.5 Å². The van der Waals surface area contributed by atoms with Gasteiger partial charge in [-0.1, -0.05) is 40.0 Å². The van der Waals surface area contributed by atoms with Gasteiger partial charge in [0.1, 0.15) is 17.9 Å². The van der Waals surface area contributed by atoms with Crippen LogP contribution in [0.2, 0.25) is 0 Å². The van der Waals surface area contributed by atoms with Gasteiger partial charge in [0.05, 0.1) is 39.5 Å². The quantitative estimate of drug-likeness (QED) is 0.463. The number of ether oxygens (including phenoxy) is 4. The van der Waals surface area contributed by atoms with Crippen LogP contribution in [0.4, 0.5) is 4.79 Å². The first-order valence-electron chi connectivity index (χ1n) is 14.5. The van der Waals surface area contributed by atoms with Crippen molar-refractivity contribution in [3.63, 3.8) is 0 Å². The van der Waals surface area contributed by atoms with E-state index in [0.29, 0.717) is 26.3 Å². The average molecular weight is 564 g/mol. The molecular weight excluding hydrogens is 518 g/mol. The minimum atomic E-state index is -1.35. The number of amides is 2. The summed E-state index contributed by atoms with van der Waals surface area (Å²) in [5.74, 6) is -0.103. The molecule has 11 nitrogen and oxygen atoms in total. The zero-order chi connectivity index (χ0) is 28.9. The monoisotopic (exact) mass is 563 g/mol. The van der Waals surface area contributed by atoms with E-state index in [1.807, 2.05) is 20.8 Å². The molecule has 4 atom stereocenters. The first kappa shape index (κ1) is 30.3. The second-order valence-electron chi connectivity index (χ2n) is 12.1. The Hall–Kier alpha value is -2.63. The lowest BCUT2D eigenvalue weighted by Crippen LogP contribution is -2.58. The van der Waals surface area contributed by atoms with Crippen LogP contribution in [-0.4, -0.2) is 97.4 Å². The lowest BCUT2D eigenvalue weighted by molar-refractivity contribution is -0.159. The molecular formula is C29H45N3O8. The van der Waals surface area contributed by atoms with Crippen LogP contribution in [0.25, 0.3) is 0 Å². The van der Waals surface area contributed by atoms with Gasteiger partial charge in [-0.2, -0.15) is 0 Å². The van der Waals surface area contributed by atoms with E-state index >= 15 is 0 Å². The van der Waals surface area contributed by atoms with E-state index in [4.69, 9.17) is 18.9 Å². The van der Waals surface area contributed by atoms with Gasteiger partial charge in [-0.05, 0) is 42.7 Å². The third-order valence-electron chi connectivity index (χ3n) is 8.02. The third-order valence-corrected chi connectivity index (χ3v) is 8.02. The van der Waals surface area contributed by atoms with Crippen molar-refractivity contribution >= 4 is 18.0 Å². The highest BCUT2D eigenvalue weighted by Gasteiger charge is 2.47. The summed E-state index contributed by atoms with van der Waals surface area (Å²) in [5.41, 5.74) is 1.65.